The van der Waals surface area contributed by atoms with Gasteiger partial charge in [0, 0.05) is 31.4 Å². The monoisotopic (exact) mass is 406 g/mol. The van der Waals surface area contributed by atoms with E-state index < -0.39 is 15.9 Å². The van der Waals surface area contributed by atoms with Gasteiger partial charge >= 0.3 is 16.1 Å². The predicted octanol–water partition coefficient (Wildman–Crippen LogP) is 4.03. The number of unbranched alkanes of at least 4 members (excludes halogenated alkanes) is 2. The molecule has 2 aromatic carbocycles. The molecule has 0 aromatic heterocycles. The summed E-state index contributed by atoms with van der Waals surface area (Å²) in [6.45, 7) is 4.07. The van der Waals surface area contributed by atoms with E-state index in [1.165, 1.54) is 30.3 Å². The van der Waals surface area contributed by atoms with Crippen molar-refractivity contribution in [3.63, 3.8) is 0 Å². The molecule has 0 saturated carbocycles. The summed E-state index contributed by atoms with van der Waals surface area (Å²) >= 11 is 0. The zero-order chi connectivity index (χ0) is 20.1. The van der Waals surface area contributed by atoms with Gasteiger partial charge in [0.1, 0.15) is 16.5 Å². The standard InChI is InChI=1S/C20H23FN2O4S/c1-2-3-4-12-22-13-14-23(20(22)24)17-8-10-19(11-9-17)28(25,26)27-18-7-5-6-16(21)15-18/h5-11,15H,2-4,12-14H2,1H3. The highest BCUT2D eigenvalue weighted by molar-refractivity contribution is 7.87. The number of anilines is 1. The van der Waals surface area contributed by atoms with Crippen LogP contribution in [0.25, 0.3) is 0 Å². The van der Waals surface area contributed by atoms with Crippen LogP contribution in [0.2, 0.25) is 0 Å². The number of carbonyl (C=O) groups is 1. The van der Waals surface area contributed by atoms with Crippen molar-refractivity contribution >= 4 is 21.8 Å². The molecule has 6 nitrogen and oxygen atoms in total. The van der Waals surface area contributed by atoms with Gasteiger partial charge in [-0.05, 0) is 42.8 Å². The number of benzene rings is 2. The number of halogens is 1. The molecule has 150 valence electrons. The Kier molecular flexibility index (Phi) is 6.18. The van der Waals surface area contributed by atoms with Crippen LogP contribution < -0.4 is 9.08 Å². The summed E-state index contributed by atoms with van der Waals surface area (Å²) in [4.78, 5) is 15.9. The van der Waals surface area contributed by atoms with Crippen LogP contribution in [0.4, 0.5) is 14.9 Å². The molecule has 0 aliphatic carbocycles. The molecule has 0 radical (unpaired) electrons. The lowest BCUT2D eigenvalue weighted by atomic mass is 10.2. The van der Waals surface area contributed by atoms with Gasteiger partial charge in [-0.2, -0.15) is 8.42 Å². The maximum absolute atomic E-state index is 13.2. The highest BCUT2D eigenvalue weighted by Gasteiger charge is 2.29. The number of hydrogen-bond acceptors (Lipinski definition) is 4. The molecule has 1 aliphatic heterocycles. The maximum atomic E-state index is 13.2. The Hall–Kier alpha value is -2.61. The van der Waals surface area contributed by atoms with Crippen LogP contribution in [-0.4, -0.2) is 39.0 Å². The van der Waals surface area contributed by atoms with Gasteiger partial charge in [-0.1, -0.05) is 25.8 Å². The van der Waals surface area contributed by atoms with Crippen molar-refractivity contribution in [2.75, 3.05) is 24.5 Å². The minimum atomic E-state index is -4.09. The van der Waals surface area contributed by atoms with E-state index in [1.807, 2.05) is 4.90 Å². The average molecular weight is 406 g/mol. The molecule has 3 rings (SSSR count). The lowest BCUT2D eigenvalue weighted by Gasteiger charge is -2.19. The van der Waals surface area contributed by atoms with Crippen molar-refractivity contribution in [1.82, 2.24) is 4.90 Å². The molecule has 0 unspecified atom stereocenters. The minimum Gasteiger partial charge on any atom is -0.379 e. The van der Waals surface area contributed by atoms with Gasteiger partial charge in [0.15, 0.2) is 0 Å². The molecule has 8 heteroatoms. The highest BCUT2D eigenvalue weighted by atomic mass is 32.2. The molecular weight excluding hydrogens is 383 g/mol. The minimum absolute atomic E-state index is 0.0630. The van der Waals surface area contributed by atoms with E-state index in [0.29, 0.717) is 18.8 Å². The molecule has 1 aliphatic rings. The fraction of sp³-hybridized carbons (Fsp3) is 0.350. The van der Waals surface area contributed by atoms with Crippen molar-refractivity contribution < 1.29 is 21.8 Å². The molecule has 1 fully saturated rings. The topological polar surface area (TPSA) is 66.9 Å². The largest absolute Gasteiger partial charge is 0.379 e. The molecule has 0 N–H and O–H groups in total. The maximum Gasteiger partial charge on any atom is 0.339 e. The summed E-state index contributed by atoms with van der Waals surface area (Å²) in [5, 5.41) is 0. The van der Waals surface area contributed by atoms with Crippen LogP contribution in [0.15, 0.2) is 53.4 Å². The van der Waals surface area contributed by atoms with Gasteiger partial charge in [-0.25, -0.2) is 9.18 Å². The lowest BCUT2D eigenvalue weighted by molar-refractivity contribution is 0.219. The lowest BCUT2D eigenvalue weighted by Crippen LogP contribution is -2.32. The third-order valence-corrected chi connectivity index (χ3v) is 5.83. The Balaban J connectivity index is 1.68. The fourth-order valence-electron chi connectivity index (χ4n) is 3.07. The third-order valence-electron chi connectivity index (χ3n) is 4.57. The van der Waals surface area contributed by atoms with Crippen molar-refractivity contribution in [2.45, 2.75) is 31.1 Å². The van der Waals surface area contributed by atoms with E-state index in [4.69, 9.17) is 4.18 Å². The number of amides is 2. The number of carbonyl (C=O) groups excluding carboxylic acids is 1. The molecule has 1 heterocycles. The van der Waals surface area contributed by atoms with Crippen LogP contribution in [0.1, 0.15) is 26.2 Å². The quantitative estimate of drug-likeness (QED) is 0.490. The SMILES string of the molecule is CCCCCN1CCN(c2ccc(S(=O)(=O)Oc3cccc(F)c3)cc2)C1=O. The van der Waals surface area contributed by atoms with Crippen LogP contribution in [0, 0.1) is 5.82 Å². The summed E-state index contributed by atoms with van der Waals surface area (Å²) in [6, 6.07) is 10.8. The third kappa shape index (κ3) is 4.62. The van der Waals surface area contributed by atoms with Crippen molar-refractivity contribution in [2.24, 2.45) is 0 Å². The van der Waals surface area contributed by atoms with Crippen molar-refractivity contribution in [1.29, 1.82) is 0 Å². The summed E-state index contributed by atoms with van der Waals surface area (Å²) in [5.74, 6) is -0.680. The summed E-state index contributed by atoms with van der Waals surface area (Å²) in [7, 11) is -4.09. The number of rotatable bonds is 8. The Bertz CT molecular complexity index is 931. The molecule has 0 spiro atoms. The van der Waals surface area contributed by atoms with Crippen molar-refractivity contribution in [3.05, 3.63) is 54.3 Å². The van der Waals surface area contributed by atoms with E-state index in [2.05, 4.69) is 6.92 Å². The molecule has 0 atom stereocenters. The zero-order valence-electron chi connectivity index (χ0n) is 15.7. The summed E-state index contributed by atoms with van der Waals surface area (Å²) in [6.07, 6.45) is 3.16. The van der Waals surface area contributed by atoms with E-state index in [0.717, 1.165) is 31.9 Å². The Labute approximate surface area is 164 Å². The van der Waals surface area contributed by atoms with Crippen molar-refractivity contribution in [3.8, 4) is 5.75 Å². The highest BCUT2D eigenvalue weighted by Crippen LogP contribution is 2.24. The Morgan fingerprint density at radius 2 is 1.82 bits per heavy atom. The average Bonchev–Trinajstić information content (AvgIpc) is 3.02. The molecular formula is C20H23FN2O4S. The first-order valence-electron chi connectivity index (χ1n) is 9.27. The summed E-state index contributed by atoms with van der Waals surface area (Å²) < 4.78 is 42.9. The summed E-state index contributed by atoms with van der Waals surface area (Å²) in [5.41, 5.74) is 0.632. The molecule has 0 bridgehead atoms. The normalized spacial score (nSPS) is 14.6. The Morgan fingerprint density at radius 3 is 2.50 bits per heavy atom. The first kappa shape index (κ1) is 20.1. The van der Waals surface area contributed by atoms with Gasteiger partial charge in [-0.15, -0.1) is 0 Å². The number of hydrogen-bond donors (Lipinski definition) is 0. The molecule has 28 heavy (non-hydrogen) atoms. The first-order valence-corrected chi connectivity index (χ1v) is 10.7. The number of nitrogens with zero attached hydrogens (tertiary/aromatic N) is 2. The zero-order valence-corrected chi connectivity index (χ0v) is 16.5. The van der Waals surface area contributed by atoms with Crippen LogP contribution in [-0.2, 0) is 10.1 Å². The number of urea groups is 1. The second-order valence-electron chi connectivity index (χ2n) is 6.62. The van der Waals surface area contributed by atoms with Crippen LogP contribution >= 0.6 is 0 Å². The van der Waals surface area contributed by atoms with Crippen LogP contribution in [0.3, 0.4) is 0 Å². The van der Waals surface area contributed by atoms with Gasteiger partial charge in [0.05, 0.1) is 0 Å². The molecule has 2 amide bonds. The fourth-order valence-corrected chi connectivity index (χ4v) is 3.99. The van der Waals surface area contributed by atoms with Gasteiger partial charge in [0.25, 0.3) is 0 Å². The predicted molar refractivity (Wildman–Crippen MR) is 104 cm³/mol. The smallest absolute Gasteiger partial charge is 0.339 e. The van der Waals surface area contributed by atoms with E-state index in [9.17, 15) is 17.6 Å². The molecule has 2 aromatic rings. The van der Waals surface area contributed by atoms with Crippen LogP contribution in [0.5, 0.6) is 5.75 Å². The van der Waals surface area contributed by atoms with E-state index in [1.54, 1.807) is 17.0 Å². The first-order chi connectivity index (χ1) is 13.4. The van der Waals surface area contributed by atoms with E-state index >= 15 is 0 Å². The van der Waals surface area contributed by atoms with Gasteiger partial charge in [0.2, 0.25) is 0 Å². The second-order valence-corrected chi connectivity index (χ2v) is 8.16. The second kappa shape index (κ2) is 8.60. The van der Waals surface area contributed by atoms with Gasteiger partial charge < -0.3 is 9.08 Å². The van der Waals surface area contributed by atoms with Gasteiger partial charge in [-0.3, -0.25) is 4.90 Å². The Morgan fingerprint density at radius 1 is 1.07 bits per heavy atom. The molecule has 1 saturated heterocycles. The van der Waals surface area contributed by atoms with E-state index in [-0.39, 0.29) is 16.7 Å².